The van der Waals surface area contributed by atoms with Crippen molar-refractivity contribution >= 4 is 10.9 Å². The maximum absolute atomic E-state index is 2.32. The first kappa shape index (κ1) is 11.1. The molecule has 3 aromatic rings. The largest absolute Gasteiger partial charge is 0.343 e. The quantitative estimate of drug-likeness (QED) is 0.624. The van der Waals surface area contributed by atoms with Crippen molar-refractivity contribution in [3.8, 4) is 0 Å². The van der Waals surface area contributed by atoms with E-state index in [0.717, 1.165) is 6.54 Å². The van der Waals surface area contributed by atoms with Crippen molar-refractivity contribution in [1.29, 1.82) is 0 Å². The molecular formula is C17H17N. The molecule has 18 heavy (non-hydrogen) atoms. The number of rotatable bonds is 2. The van der Waals surface area contributed by atoms with Gasteiger partial charge in [0.2, 0.25) is 0 Å². The molecule has 0 unspecified atom stereocenters. The van der Waals surface area contributed by atoms with Crippen molar-refractivity contribution in [3.63, 3.8) is 0 Å². The number of aryl methyl sites for hydroxylation is 2. The highest BCUT2D eigenvalue weighted by Crippen LogP contribution is 2.19. The maximum Gasteiger partial charge on any atom is 0.0486 e. The number of benzene rings is 2. The fourth-order valence-corrected chi connectivity index (χ4v) is 2.44. The predicted octanol–water partition coefficient (Wildman–Crippen LogP) is 4.31. The Morgan fingerprint density at radius 1 is 0.889 bits per heavy atom. The molecule has 0 fully saturated rings. The smallest absolute Gasteiger partial charge is 0.0486 e. The Kier molecular flexibility index (Phi) is 2.67. The van der Waals surface area contributed by atoms with Crippen LogP contribution in [-0.4, -0.2) is 4.57 Å². The summed E-state index contributed by atoms with van der Waals surface area (Å²) in [5.41, 5.74) is 5.30. The number of nitrogens with zero attached hydrogens (tertiary/aromatic N) is 1. The first-order valence-electron chi connectivity index (χ1n) is 6.33. The molecule has 0 spiro atoms. The summed E-state index contributed by atoms with van der Waals surface area (Å²) in [6.45, 7) is 5.22. The molecule has 3 rings (SSSR count). The van der Waals surface area contributed by atoms with Crippen LogP contribution in [0, 0.1) is 13.8 Å². The molecule has 0 saturated carbocycles. The van der Waals surface area contributed by atoms with Gasteiger partial charge in [-0.1, -0.05) is 42.0 Å². The van der Waals surface area contributed by atoms with Gasteiger partial charge in [0.05, 0.1) is 0 Å². The second-order valence-electron chi connectivity index (χ2n) is 4.99. The highest BCUT2D eigenvalue weighted by molar-refractivity contribution is 5.80. The molecule has 0 aliphatic heterocycles. The minimum atomic E-state index is 0.939. The van der Waals surface area contributed by atoms with E-state index < -0.39 is 0 Å². The predicted molar refractivity (Wildman–Crippen MR) is 77.0 cm³/mol. The van der Waals surface area contributed by atoms with Crippen LogP contribution in [0.15, 0.2) is 54.7 Å². The molecule has 90 valence electrons. The Morgan fingerprint density at radius 2 is 1.72 bits per heavy atom. The molecule has 1 heteroatoms. The molecule has 0 aliphatic rings. The number of fused-ring (bicyclic) bond motifs is 1. The summed E-state index contributed by atoms with van der Waals surface area (Å²) in [5.74, 6) is 0. The van der Waals surface area contributed by atoms with E-state index in [1.807, 2.05) is 0 Å². The SMILES string of the molecule is Cc1cccc(Cn2ccc3ccc(C)cc32)c1. The van der Waals surface area contributed by atoms with E-state index in [1.54, 1.807) is 0 Å². The second-order valence-corrected chi connectivity index (χ2v) is 4.99. The van der Waals surface area contributed by atoms with E-state index in [2.05, 4.69) is 73.1 Å². The number of aromatic nitrogens is 1. The lowest BCUT2D eigenvalue weighted by Gasteiger charge is -2.07. The van der Waals surface area contributed by atoms with Crippen LogP contribution < -0.4 is 0 Å². The van der Waals surface area contributed by atoms with Gasteiger partial charge in [-0.2, -0.15) is 0 Å². The zero-order valence-electron chi connectivity index (χ0n) is 10.9. The Hall–Kier alpha value is -2.02. The zero-order chi connectivity index (χ0) is 12.5. The lowest BCUT2D eigenvalue weighted by Crippen LogP contribution is -1.98. The lowest BCUT2D eigenvalue weighted by atomic mass is 10.1. The molecule has 2 aromatic carbocycles. The highest BCUT2D eigenvalue weighted by Gasteiger charge is 2.02. The molecular weight excluding hydrogens is 218 g/mol. The second kappa shape index (κ2) is 4.34. The fourth-order valence-electron chi connectivity index (χ4n) is 2.44. The minimum absolute atomic E-state index is 0.939. The third-order valence-electron chi connectivity index (χ3n) is 3.36. The summed E-state index contributed by atoms with van der Waals surface area (Å²) in [6, 6.07) is 17.5. The van der Waals surface area contributed by atoms with Gasteiger partial charge in [-0.05, 0) is 42.5 Å². The van der Waals surface area contributed by atoms with E-state index in [1.165, 1.54) is 27.6 Å². The molecule has 0 bridgehead atoms. The van der Waals surface area contributed by atoms with E-state index in [9.17, 15) is 0 Å². The molecule has 1 nitrogen and oxygen atoms in total. The summed E-state index contributed by atoms with van der Waals surface area (Å²) >= 11 is 0. The topological polar surface area (TPSA) is 4.93 Å². The fraction of sp³-hybridized carbons (Fsp3) is 0.176. The minimum Gasteiger partial charge on any atom is -0.343 e. The summed E-state index contributed by atoms with van der Waals surface area (Å²) in [6.07, 6.45) is 2.17. The van der Waals surface area contributed by atoms with Crippen molar-refractivity contribution in [1.82, 2.24) is 4.57 Å². The molecule has 0 saturated heterocycles. The van der Waals surface area contributed by atoms with Crippen LogP contribution in [0.4, 0.5) is 0 Å². The number of hydrogen-bond donors (Lipinski definition) is 0. The van der Waals surface area contributed by atoms with Crippen molar-refractivity contribution in [2.75, 3.05) is 0 Å². The van der Waals surface area contributed by atoms with Gasteiger partial charge in [0.15, 0.2) is 0 Å². The van der Waals surface area contributed by atoms with Crippen LogP contribution in [-0.2, 0) is 6.54 Å². The monoisotopic (exact) mass is 235 g/mol. The average molecular weight is 235 g/mol. The van der Waals surface area contributed by atoms with E-state index in [4.69, 9.17) is 0 Å². The third-order valence-corrected chi connectivity index (χ3v) is 3.36. The molecule has 0 amide bonds. The number of hydrogen-bond acceptors (Lipinski definition) is 0. The van der Waals surface area contributed by atoms with Gasteiger partial charge < -0.3 is 4.57 Å². The van der Waals surface area contributed by atoms with E-state index >= 15 is 0 Å². The first-order valence-corrected chi connectivity index (χ1v) is 6.33. The van der Waals surface area contributed by atoms with Crippen LogP contribution in [0.3, 0.4) is 0 Å². The molecule has 1 aromatic heterocycles. The average Bonchev–Trinajstić information content (AvgIpc) is 2.72. The van der Waals surface area contributed by atoms with Crippen LogP contribution >= 0.6 is 0 Å². The van der Waals surface area contributed by atoms with Gasteiger partial charge in [-0.25, -0.2) is 0 Å². The summed E-state index contributed by atoms with van der Waals surface area (Å²) in [5, 5.41) is 1.31. The molecule has 0 atom stereocenters. The molecule has 0 radical (unpaired) electrons. The van der Waals surface area contributed by atoms with Crippen molar-refractivity contribution in [2.45, 2.75) is 20.4 Å². The Bertz CT molecular complexity index is 692. The zero-order valence-corrected chi connectivity index (χ0v) is 10.9. The summed E-state index contributed by atoms with van der Waals surface area (Å²) < 4.78 is 2.32. The highest BCUT2D eigenvalue weighted by atomic mass is 14.9. The molecule has 1 heterocycles. The lowest BCUT2D eigenvalue weighted by molar-refractivity contribution is 0.835. The van der Waals surface area contributed by atoms with Crippen LogP contribution in [0.1, 0.15) is 16.7 Å². The van der Waals surface area contributed by atoms with E-state index in [0.29, 0.717) is 0 Å². The van der Waals surface area contributed by atoms with Gasteiger partial charge >= 0.3 is 0 Å². The molecule has 0 N–H and O–H groups in total. The van der Waals surface area contributed by atoms with Gasteiger partial charge in [0.1, 0.15) is 0 Å². The Balaban J connectivity index is 2.02. The summed E-state index contributed by atoms with van der Waals surface area (Å²) in [7, 11) is 0. The first-order chi connectivity index (χ1) is 8.72. The van der Waals surface area contributed by atoms with Gasteiger partial charge in [0, 0.05) is 18.3 Å². The normalized spacial score (nSPS) is 11.0. The Morgan fingerprint density at radius 3 is 2.56 bits per heavy atom. The van der Waals surface area contributed by atoms with Gasteiger partial charge in [0.25, 0.3) is 0 Å². The van der Waals surface area contributed by atoms with Crippen LogP contribution in [0.2, 0.25) is 0 Å². The Labute approximate surface area is 108 Å². The molecule has 0 aliphatic carbocycles. The van der Waals surface area contributed by atoms with Crippen LogP contribution in [0.5, 0.6) is 0 Å². The van der Waals surface area contributed by atoms with Crippen LogP contribution in [0.25, 0.3) is 10.9 Å². The van der Waals surface area contributed by atoms with Crippen molar-refractivity contribution < 1.29 is 0 Å². The van der Waals surface area contributed by atoms with Crippen molar-refractivity contribution in [2.24, 2.45) is 0 Å². The van der Waals surface area contributed by atoms with Gasteiger partial charge in [-0.3, -0.25) is 0 Å². The van der Waals surface area contributed by atoms with E-state index in [-0.39, 0.29) is 0 Å². The maximum atomic E-state index is 2.32. The van der Waals surface area contributed by atoms with Crippen molar-refractivity contribution in [3.05, 3.63) is 71.4 Å². The summed E-state index contributed by atoms with van der Waals surface area (Å²) in [4.78, 5) is 0. The standard InChI is InChI=1S/C17H17N/c1-13-4-3-5-15(10-13)12-18-9-8-16-7-6-14(2)11-17(16)18/h3-11H,12H2,1-2H3. The van der Waals surface area contributed by atoms with Gasteiger partial charge in [-0.15, -0.1) is 0 Å². The third kappa shape index (κ3) is 2.04.